The molecule has 0 fully saturated rings. The van der Waals surface area contributed by atoms with Gasteiger partial charge in [0.15, 0.2) is 0 Å². The van der Waals surface area contributed by atoms with Gasteiger partial charge in [-0.2, -0.15) is 0 Å². The first kappa shape index (κ1) is 23.2. The highest BCUT2D eigenvalue weighted by molar-refractivity contribution is 6.11. The summed E-state index contributed by atoms with van der Waals surface area (Å²) in [6.07, 6.45) is 0. The van der Waals surface area contributed by atoms with Crippen LogP contribution in [0.3, 0.4) is 0 Å². The zero-order chi connectivity index (χ0) is 24.2. The molecule has 0 atom stereocenters. The van der Waals surface area contributed by atoms with Gasteiger partial charge in [-0.1, -0.05) is 18.2 Å². The number of hydrogen-bond acceptors (Lipinski definition) is 4. The van der Waals surface area contributed by atoms with Crippen LogP contribution >= 0.6 is 0 Å². The number of halogens is 1. The van der Waals surface area contributed by atoms with Gasteiger partial charge in [-0.25, -0.2) is 4.39 Å². The van der Waals surface area contributed by atoms with Crippen LogP contribution < -0.4 is 10.6 Å². The van der Waals surface area contributed by atoms with Crippen LogP contribution in [0.25, 0.3) is 33.4 Å². The lowest BCUT2D eigenvalue weighted by Crippen LogP contribution is -2.31. The minimum atomic E-state index is -0.366. The summed E-state index contributed by atoms with van der Waals surface area (Å²) in [5.74, 6) is -0.434. The lowest BCUT2D eigenvalue weighted by molar-refractivity contribution is 0.0947. The van der Waals surface area contributed by atoms with E-state index in [2.05, 4.69) is 10.6 Å². The quantitative estimate of drug-likeness (QED) is 0.425. The largest absolute Gasteiger partial charge is 0.455 e. The Morgan fingerprint density at radius 2 is 1.62 bits per heavy atom. The van der Waals surface area contributed by atoms with E-state index in [-0.39, 0.29) is 17.6 Å². The highest BCUT2D eigenvalue weighted by Crippen LogP contribution is 2.36. The molecule has 4 aromatic rings. The Bertz CT molecular complexity index is 1340. The van der Waals surface area contributed by atoms with Gasteiger partial charge < -0.3 is 20.0 Å². The second kappa shape index (κ2) is 9.89. The third-order valence-electron chi connectivity index (χ3n) is 5.55. The number of fused-ring (bicyclic) bond motifs is 1. The first-order valence-electron chi connectivity index (χ1n) is 11.0. The Morgan fingerprint density at radius 3 is 2.32 bits per heavy atom. The van der Waals surface area contributed by atoms with Crippen molar-refractivity contribution < 1.29 is 18.4 Å². The topological polar surface area (TPSA) is 74.6 Å². The predicted octanol–water partition coefficient (Wildman–Crippen LogP) is 4.56. The molecule has 3 aromatic carbocycles. The van der Waals surface area contributed by atoms with Crippen molar-refractivity contribution in [2.45, 2.75) is 0 Å². The van der Waals surface area contributed by atoms with Gasteiger partial charge in [0.05, 0.1) is 5.56 Å². The first-order chi connectivity index (χ1) is 16.4. The van der Waals surface area contributed by atoms with Crippen LogP contribution in [0.15, 0.2) is 71.1 Å². The average molecular weight is 460 g/mol. The van der Waals surface area contributed by atoms with E-state index in [0.717, 1.165) is 17.7 Å². The zero-order valence-corrected chi connectivity index (χ0v) is 19.3. The molecule has 2 N–H and O–H groups in total. The Labute approximate surface area is 197 Å². The molecule has 174 valence electrons. The van der Waals surface area contributed by atoms with Gasteiger partial charge >= 0.3 is 0 Å². The Hall–Kier alpha value is -3.97. The molecule has 1 aromatic heterocycles. The van der Waals surface area contributed by atoms with E-state index in [1.807, 2.05) is 49.3 Å². The number of amides is 2. The van der Waals surface area contributed by atoms with Crippen molar-refractivity contribution in [2.75, 3.05) is 34.2 Å². The molecule has 0 saturated carbocycles. The van der Waals surface area contributed by atoms with E-state index < -0.39 is 0 Å². The number of likely N-dealkylation sites (N-methyl/N-ethyl adjacent to an activating group) is 1. The summed E-state index contributed by atoms with van der Waals surface area (Å²) in [7, 11) is 5.46. The molecule has 0 aliphatic carbocycles. The summed E-state index contributed by atoms with van der Waals surface area (Å²) in [5.41, 5.74) is 3.76. The van der Waals surface area contributed by atoms with Crippen molar-refractivity contribution in [3.05, 3.63) is 83.7 Å². The number of benzene rings is 3. The van der Waals surface area contributed by atoms with E-state index in [9.17, 15) is 14.0 Å². The van der Waals surface area contributed by atoms with Crippen LogP contribution in [-0.4, -0.2) is 50.9 Å². The molecule has 1 heterocycles. The molecule has 0 bridgehead atoms. The summed E-state index contributed by atoms with van der Waals surface area (Å²) in [4.78, 5) is 27.4. The molecular weight excluding hydrogens is 433 g/mol. The van der Waals surface area contributed by atoms with Gasteiger partial charge in [-0.05, 0) is 73.8 Å². The third-order valence-corrected chi connectivity index (χ3v) is 5.55. The molecular formula is C27H26FN3O3. The second-order valence-corrected chi connectivity index (χ2v) is 8.24. The Morgan fingerprint density at radius 1 is 0.912 bits per heavy atom. The van der Waals surface area contributed by atoms with Crippen molar-refractivity contribution in [1.29, 1.82) is 0 Å². The Kier molecular flexibility index (Phi) is 6.75. The minimum Gasteiger partial charge on any atom is -0.455 e. The fourth-order valence-electron chi connectivity index (χ4n) is 3.77. The lowest BCUT2D eigenvalue weighted by Gasteiger charge is -2.11. The summed E-state index contributed by atoms with van der Waals surface area (Å²) in [5, 5.41) is 6.22. The first-order valence-corrected chi connectivity index (χ1v) is 11.0. The van der Waals surface area contributed by atoms with Crippen LogP contribution in [0, 0.1) is 5.82 Å². The van der Waals surface area contributed by atoms with Crippen LogP contribution in [-0.2, 0) is 0 Å². The van der Waals surface area contributed by atoms with E-state index in [0.29, 0.717) is 40.0 Å². The molecule has 6 nitrogen and oxygen atoms in total. The van der Waals surface area contributed by atoms with E-state index >= 15 is 0 Å². The van der Waals surface area contributed by atoms with Crippen molar-refractivity contribution in [1.82, 2.24) is 15.5 Å². The van der Waals surface area contributed by atoms with Crippen LogP contribution in [0.1, 0.15) is 20.7 Å². The predicted molar refractivity (Wildman–Crippen MR) is 131 cm³/mol. The number of nitrogens with zero attached hydrogens (tertiary/aromatic N) is 1. The van der Waals surface area contributed by atoms with Gasteiger partial charge in [-0.3, -0.25) is 9.59 Å². The molecule has 0 spiro atoms. The number of carbonyl (C=O) groups is 2. The van der Waals surface area contributed by atoms with Gasteiger partial charge in [-0.15, -0.1) is 0 Å². The smallest absolute Gasteiger partial charge is 0.255 e. The lowest BCUT2D eigenvalue weighted by atomic mass is 9.99. The molecule has 4 rings (SSSR count). The Balaban J connectivity index is 1.73. The molecule has 7 heteroatoms. The normalized spacial score (nSPS) is 11.1. The summed E-state index contributed by atoms with van der Waals surface area (Å²) >= 11 is 0. The highest BCUT2D eigenvalue weighted by atomic mass is 19.1. The SMILES string of the molecule is CNC(=O)c1c(-c2ccc(F)cc2)oc2ccc(-c3cccc(C(=O)NCCN(C)C)c3)cc12. The average Bonchev–Trinajstić information content (AvgIpc) is 3.22. The maximum atomic E-state index is 13.4. The number of rotatable bonds is 7. The number of nitrogens with one attached hydrogen (secondary N) is 2. The van der Waals surface area contributed by atoms with Crippen LogP contribution in [0.4, 0.5) is 4.39 Å². The second-order valence-electron chi connectivity index (χ2n) is 8.24. The van der Waals surface area contributed by atoms with E-state index in [1.165, 1.54) is 12.1 Å². The molecule has 0 saturated heterocycles. The van der Waals surface area contributed by atoms with Crippen LogP contribution in [0.2, 0.25) is 0 Å². The number of hydrogen-bond donors (Lipinski definition) is 2. The maximum absolute atomic E-state index is 13.4. The fraction of sp³-hybridized carbons (Fsp3) is 0.185. The van der Waals surface area contributed by atoms with Gasteiger partial charge in [0.25, 0.3) is 11.8 Å². The minimum absolute atomic E-state index is 0.141. The summed E-state index contributed by atoms with van der Waals surface area (Å²) in [6, 6.07) is 18.7. The third kappa shape index (κ3) is 4.84. The van der Waals surface area contributed by atoms with Gasteiger partial charge in [0.1, 0.15) is 17.2 Å². The maximum Gasteiger partial charge on any atom is 0.255 e. The van der Waals surface area contributed by atoms with Crippen LogP contribution in [0.5, 0.6) is 0 Å². The fourth-order valence-corrected chi connectivity index (χ4v) is 3.77. The molecule has 0 aliphatic heterocycles. The van der Waals surface area contributed by atoms with Gasteiger partial charge in [0.2, 0.25) is 0 Å². The van der Waals surface area contributed by atoms with E-state index in [4.69, 9.17) is 4.42 Å². The number of carbonyl (C=O) groups excluding carboxylic acids is 2. The van der Waals surface area contributed by atoms with Gasteiger partial charge in [0, 0.05) is 36.7 Å². The zero-order valence-electron chi connectivity index (χ0n) is 19.3. The highest BCUT2D eigenvalue weighted by Gasteiger charge is 2.22. The van der Waals surface area contributed by atoms with E-state index in [1.54, 1.807) is 31.3 Å². The van der Waals surface area contributed by atoms with Crippen molar-refractivity contribution in [2.24, 2.45) is 0 Å². The monoisotopic (exact) mass is 459 g/mol. The summed E-state index contributed by atoms with van der Waals surface area (Å²) < 4.78 is 19.4. The number of furan rings is 1. The van der Waals surface area contributed by atoms with Crippen molar-refractivity contribution in [3.63, 3.8) is 0 Å². The molecule has 34 heavy (non-hydrogen) atoms. The van der Waals surface area contributed by atoms with Crippen molar-refractivity contribution in [3.8, 4) is 22.5 Å². The summed E-state index contributed by atoms with van der Waals surface area (Å²) in [6.45, 7) is 1.31. The molecule has 0 unspecified atom stereocenters. The molecule has 0 aliphatic rings. The molecule has 2 amide bonds. The molecule has 0 radical (unpaired) electrons. The van der Waals surface area contributed by atoms with Crippen molar-refractivity contribution >= 4 is 22.8 Å². The standard InChI is InChI=1S/C27H26FN3O3/c1-29-27(33)24-22-16-19(9-12-23(22)34-25(24)17-7-10-21(28)11-8-17)18-5-4-6-20(15-18)26(32)30-13-14-31(2)3/h4-12,15-16H,13-14H2,1-3H3,(H,29,33)(H,30,32).